The summed E-state index contributed by atoms with van der Waals surface area (Å²) in [6.07, 6.45) is 3.63. The van der Waals surface area contributed by atoms with Gasteiger partial charge in [-0.25, -0.2) is 4.85 Å². The quantitative estimate of drug-likeness (QED) is 0.188. The van der Waals surface area contributed by atoms with E-state index in [4.69, 9.17) is 11.3 Å². The first-order chi connectivity index (χ1) is 23.3. The molecule has 4 nitrogen and oxygen atoms in total. The predicted octanol–water partition coefficient (Wildman–Crippen LogP) is 10.9. The Labute approximate surface area is 272 Å². The molecule has 0 radical (unpaired) electrons. The number of ether oxygens (including phenoxy) is 1. The molecule has 0 unspecified atom stereocenters. The van der Waals surface area contributed by atoms with Crippen molar-refractivity contribution in [1.29, 1.82) is 0 Å². The van der Waals surface area contributed by atoms with Gasteiger partial charge >= 0.3 is 0 Å². The van der Waals surface area contributed by atoms with E-state index in [1.54, 1.807) is 0 Å². The second-order valence-electron chi connectivity index (χ2n) is 11.9. The SMILES string of the molecule is [C-]#[N+]c1ccc2c(c1)c1cc(-c3ccc4c(c3)C(c3ccccc3)(c3ccccc3)c3ccccc3O4)ccc1n2-c1ccncc1. The third-order valence-corrected chi connectivity index (χ3v) is 9.44. The minimum Gasteiger partial charge on any atom is -0.457 e. The van der Waals surface area contributed by atoms with Gasteiger partial charge in [0, 0.05) is 34.6 Å². The molecule has 4 heteroatoms. The summed E-state index contributed by atoms with van der Waals surface area (Å²) < 4.78 is 8.88. The molecule has 0 atom stereocenters. The molecule has 0 amide bonds. The Balaban J connectivity index is 1.31. The van der Waals surface area contributed by atoms with Crippen molar-refractivity contribution in [1.82, 2.24) is 9.55 Å². The van der Waals surface area contributed by atoms with E-state index in [-0.39, 0.29) is 0 Å². The summed E-state index contributed by atoms with van der Waals surface area (Å²) in [6, 6.07) is 53.1. The zero-order valence-electron chi connectivity index (χ0n) is 25.3. The summed E-state index contributed by atoms with van der Waals surface area (Å²) in [7, 11) is 0. The second-order valence-corrected chi connectivity index (χ2v) is 11.9. The first-order valence-corrected chi connectivity index (χ1v) is 15.6. The van der Waals surface area contributed by atoms with Gasteiger partial charge in [0.15, 0.2) is 5.69 Å². The van der Waals surface area contributed by atoms with Gasteiger partial charge < -0.3 is 9.30 Å². The van der Waals surface area contributed by atoms with E-state index < -0.39 is 5.41 Å². The van der Waals surface area contributed by atoms with E-state index >= 15 is 0 Å². The fourth-order valence-corrected chi connectivity index (χ4v) is 7.42. The van der Waals surface area contributed by atoms with Gasteiger partial charge in [-0.15, -0.1) is 0 Å². The molecule has 6 aromatic carbocycles. The minimum atomic E-state index is -0.589. The molecule has 2 aromatic heterocycles. The van der Waals surface area contributed by atoms with E-state index in [9.17, 15) is 0 Å². The molecule has 0 aliphatic carbocycles. The van der Waals surface area contributed by atoms with Crippen LogP contribution in [-0.4, -0.2) is 9.55 Å². The van der Waals surface area contributed by atoms with E-state index in [0.717, 1.165) is 61.2 Å². The first kappa shape index (κ1) is 26.9. The van der Waals surface area contributed by atoms with Crippen LogP contribution < -0.4 is 4.74 Å². The number of rotatable bonds is 4. The molecule has 1 aliphatic rings. The van der Waals surface area contributed by atoms with Crippen LogP contribution in [0.4, 0.5) is 5.69 Å². The number of benzene rings is 6. The Morgan fingerprint density at radius 3 is 1.87 bits per heavy atom. The van der Waals surface area contributed by atoms with Crippen LogP contribution >= 0.6 is 0 Å². The molecular weight excluding hydrogens is 574 g/mol. The van der Waals surface area contributed by atoms with Gasteiger partial charge in [0.2, 0.25) is 0 Å². The molecule has 0 spiro atoms. The van der Waals surface area contributed by atoms with Crippen LogP contribution in [0.2, 0.25) is 0 Å². The Hall–Kier alpha value is -6.44. The monoisotopic (exact) mass is 601 g/mol. The molecule has 8 aromatic rings. The fourth-order valence-electron chi connectivity index (χ4n) is 7.42. The van der Waals surface area contributed by atoms with Crippen molar-refractivity contribution in [2.75, 3.05) is 0 Å². The molecule has 0 saturated heterocycles. The summed E-state index contributed by atoms with van der Waals surface area (Å²) in [4.78, 5) is 7.99. The Bertz CT molecular complexity index is 2450. The lowest BCUT2D eigenvalue weighted by molar-refractivity contribution is 0.434. The minimum absolute atomic E-state index is 0.589. The third kappa shape index (κ3) is 4.04. The highest BCUT2D eigenvalue weighted by atomic mass is 16.5. The van der Waals surface area contributed by atoms with Crippen LogP contribution in [-0.2, 0) is 5.41 Å². The Morgan fingerprint density at radius 2 is 1.15 bits per heavy atom. The summed E-state index contributed by atoms with van der Waals surface area (Å²) >= 11 is 0. The summed E-state index contributed by atoms with van der Waals surface area (Å²) in [5.74, 6) is 1.71. The maximum atomic E-state index is 7.69. The summed E-state index contributed by atoms with van der Waals surface area (Å²) in [6.45, 7) is 7.69. The lowest BCUT2D eigenvalue weighted by Crippen LogP contribution is -2.34. The van der Waals surface area contributed by atoms with Gasteiger partial charge in [0.05, 0.1) is 23.0 Å². The van der Waals surface area contributed by atoms with Crippen LogP contribution in [0.5, 0.6) is 11.5 Å². The van der Waals surface area contributed by atoms with Crippen LogP contribution in [0.3, 0.4) is 0 Å². The highest BCUT2D eigenvalue weighted by molar-refractivity contribution is 6.11. The zero-order valence-corrected chi connectivity index (χ0v) is 25.3. The summed E-state index contributed by atoms with van der Waals surface area (Å²) in [5, 5.41) is 2.14. The number of aromatic nitrogens is 2. The normalized spacial score (nSPS) is 13.0. The molecule has 220 valence electrons. The fraction of sp³-hybridized carbons (Fsp3) is 0.0233. The maximum Gasteiger partial charge on any atom is 0.188 e. The molecular formula is C43H27N3O. The predicted molar refractivity (Wildman–Crippen MR) is 189 cm³/mol. The van der Waals surface area contributed by atoms with Crippen LogP contribution in [0.1, 0.15) is 22.3 Å². The molecule has 0 fully saturated rings. The maximum absolute atomic E-state index is 7.69. The number of pyridine rings is 1. The van der Waals surface area contributed by atoms with Gasteiger partial charge in [0.1, 0.15) is 11.5 Å². The van der Waals surface area contributed by atoms with Crippen molar-refractivity contribution in [2.45, 2.75) is 5.41 Å². The van der Waals surface area contributed by atoms with Crippen molar-refractivity contribution in [3.63, 3.8) is 0 Å². The molecule has 0 N–H and O–H groups in total. The van der Waals surface area contributed by atoms with Gasteiger partial charge in [-0.05, 0) is 82.2 Å². The van der Waals surface area contributed by atoms with Gasteiger partial charge in [0.25, 0.3) is 0 Å². The van der Waals surface area contributed by atoms with Crippen LogP contribution in [0, 0.1) is 6.57 Å². The summed E-state index contributed by atoms with van der Waals surface area (Å²) in [5.41, 5.74) is 9.96. The first-order valence-electron chi connectivity index (χ1n) is 15.6. The van der Waals surface area contributed by atoms with Crippen molar-refractivity contribution in [3.05, 3.63) is 198 Å². The van der Waals surface area contributed by atoms with Crippen LogP contribution in [0.15, 0.2) is 164 Å². The highest BCUT2D eigenvalue weighted by Gasteiger charge is 2.45. The zero-order chi connectivity index (χ0) is 31.4. The molecule has 0 saturated carbocycles. The molecule has 3 heterocycles. The average molecular weight is 602 g/mol. The standard InChI is InChI=1S/C43H27N3O/c1-44-33-18-20-40-36(28-33)35-26-29(16-19-39(35)46(40)34-22-24-45-25-23-34)30-17-21-42-38(27-30)43(31-10-4-2-5-11-31,32-12-6-3-7-13-32)37-14-8-9-15-41(37)47-42/h2-28H. The van der Waals surface area contributed by atoms with Crippen molar-refractivity contribution in [3.8, 4) is 28.3 Å². The van der Waals surface area contributed by atoms with Crippen LogP contribution in [0.25, 0.3) is 43.5 Å². The number of para-hydroxylation sites is 1. The second kappa shape index (κ2) is 10.6. The molecule has 0 bridgehead atoms. The largest absolute Gasteiger partial charge is 0.457 e. The van der Waals surface area contributed by atoms with E-state index in [0.29, 0.717) is 5.69 Å². The number of hydrogen-bond acceptors (Lipinski definition) is 2. The topological polar surface area (TPSA) is 31.4 Å². The molecule has 9 rings (SSSR count). The average Bonchev–Trinajstić information content (AvgIpc) is 3.47. The Kier molecular flexibility index (Phi) is 6.06. The van der Waals surface area contributed by atoms with Gasteiger partial charge in [-0.2, -0.15) is 0 Å². The molecule has 1 aliphatic heterocycles. The lowest BCUT2D eigenvalue weighted by atomic mass is 9.63. The number of nitrogens with zero attached hydrogens (tertiary/aromatic N) is 3. The number of hydrogen-bond donors (Lipinski definition) is 0. The van der Waals surface area contributed by atoms with Gasteiger partial charge in [-0.3, -0.25) is 4.98 Å². The molecule has 47 heavy (non-hydrogen) atoms. The lowest BCUT2D eigenvalue weighted by Gasteiger charge is -2.41. The van der Waals surface area contributed by atoms with E-state index in [1.807, 2.05) is 48.8 Å². The van der Waals surface area contributed by atoms with E-state index in [1.165, 1.54) is 11.1 Å². The Morgan fingerprint density at radius 1 is 0.553 bits per heavy atom. The van der Waals surface area contributed by atoms with Crippen molar-refractivity contribution < 1.29 is 4.74 Å². The smallest absolute Gasteiger partial charge is 0.188 e. The number of fused-ring (bicyclic) bond motifs is 5. The van der Waals surface area contributed by atoms with Gasteiger partial charge in [-0.1, -0.05) is 97.1 Å². The van der Waals surface area contributed by atoms with Crippen molar-refractivity contribution >= 4 is 27.5 Å². The highest BCUT2D eigenvalue weighted by Crippen LogP contribution is 2.55. The van der Waals surface area contributed by atoms with Crippen molar-refractivity contribution in [2.24, 2.45) is 0 Å². The van der Waals surface area contributed by atoms with E-state index in [2.05, 4.69) is 130 Å². The third-order valence-electron chi connectivity index (χ3n) is 9.44.